The van der Waals surface area contributed by atoms with Crippen LogP contribution in [-0.4, -0.2) is 0 Å². The molecule has 0 radical (unpaired) electrons. The third kappa shape index (κ3) is 2.14. The van der Waals surface area contributed by atoms with Gasteiger partial charge in [-0.15, -0.1) is 0 Å². The van der Waals surface area contributed by atoms with Crippen LogP contribution in [0.2, 0.25) is 0 Å². The average molecular weight is 194 g/mol. The smallest absolute Gasteiger partial charge is 0.129 e. The first-order valence-electron chi connectivity index (χ1n) is 5.15. The van der Waals surface area contributed by atoms with Gasteiger partial charge < -0.3 is 0 Å². The average Bonchev–Trinajstić information content (AvgIpc) is 2.07. The fraction of sp³-hybridized carbons (Fsp3) is 0.538. The lowest BCUT2D eigenvalue weighted by molar-refractivity contribution is 0.517. The maximum absolute atomic E-state index is 13.8. The molecule has 0 saturated carbocycles. The molecular weight excluding hydrogens is 175 g/mol. The number of halogens is 1. The zero-order chi connectivity index (χ0) is 10.9. The highest BCUT2D eigenvalue weighted by Gasteiger charge is 2.20. The molecule has 0 unspecified atom stereocenters. The molecule has 1 aromatic rings. The first-order chi connectivity index (χ1) is 6.36. The Hall–Kier alpha value is -0.850. The number of aryl methyl sites for hydroxylation is 2. The van der Waals surface area contributed by atoms with Gasteiger partial charge in [0.2, 0.25) is 0 Å². The maximum Gasteiger partial charge on any atom is 0.129 e. The van der Waals surface area contributed by atoms with Crippen LogP contribution >= 0.6 is 0 Å². The molecule has 0 atom stereocenters. The summed E-state index contributed by atoms with van der Waals surface area (Å²) in [6.07, 6.45) is 0.962. The van der Waals surface area contributed by atoms with Crippen molar-refractivity contribution in [2.24, 2.45) is 0 Å². The summed E-state index contributed by atoms with van der Waals surface area (Å²) >= 11 is 0. The lowest BCUT2D eigenvalue weighted by Gasteiger charge is -2.21. The van der Waals surface area contributed by atoms with Gasteiger partial charge in [0.25, 0.3) is 0 Å². The molecule has 0 fully saturated rings. The Morgan fingerprint density at radius 1 is 1.21 bits per heavy atom. The van der Waals surface area contributed by atoms with Crippen molar-refractivity contribution in [2.45, 2.75) is 46.5 Å². The molecular formula is C13H19F. The van der Waals surface area contributed by atoms with Gasteiger partial charge in [0, 0.05) is 0 Å². The Bertz CT molecular complexity index is 332. The summed E-state index contributed by atoms with van der Waals surface area (Å²) in [5.41, 5.74) is 2.69. The topological polar surface area (TPSA) is 0 Å². The first-order valence-corrected chi connectivity index (χ1v) is 5.15. The van der Waals surface area contributed by atoms with Crippen molar-refractivity contribution in [3.05, 3.63) is 34.6 Å². The van der Waals surface area contributed by atoms with Gasteiger partial charge in [0.05, 0.1) is 0 Å². The Morgan fingerprint density at radius 3 is 2.21 bits per heavy atom. The quantitative estimate of drug-likeness (QED) is 0.634. The lowest BCUT2D eigenvalue weighted by Crippen LogP contribution is -2.15. The van der Waals surface area contributed by atoms with Crippen molar-refractivity contribution >= 4 is 0 Å². The van der Waals surface area contributed by atoms with Crippen LogP contribution in [-0.2, 0) is 11.8 Å². The molecule has 14 heavy (non-hydrogen) atoms. The molecule has 0 aromatic heterocycles. The standard InChI is InChI=1S/C13H19F/c1-6-10-7-9(2)12(14)11(8-10)13(3,4)5/h7-8H,6H2,1-5H3. The summed E-state index contributed by atoms with van der Waals surface area (Å²) in [7, 11) is 0. The van der Waals surface area contributed by atoms with Crippen LogP contribution in [0, 0.1) is 12.7 Å². The fourth-order valence-corrected chi connectivity index (χ4v) is 1.59. The predicted molar refractivity (Wildman–Crippen MR) is 59.2 cm³/mol. The number of hydrogen-bond acceptors (Lipinski definition) is 0. The van der Waals surface area contributed by atoms with E-state index in [1.54, 1.807) is 0 Å². The molecule has 1 aromatic carbocycles. The van der Waals surface area contributed by atoms with Crippen LogP contribution in [0.1, 0.15) is 44.4 Å². The second-order valence-corrected chi connectivity index (χ2v) is 4.88. The molecule has 0 aliphatic heterocycles. The zero-order valence-corrected chi connectivity index (χ0v) is 9.74. The second-order valence-electron chi connectivity index (χ2n) is 4.88. The van der Waals surface area contributed by atoms with Crippen LogP contribution < -0.4 is 0 Å². The zero-order valence-electron chi connectivity index (χ0n) is 9.74. The monoisotopic (exact) mass is 194 g/mol. The fourth-order valence-electron chi connectivity index (χ4n) is 1.59. The van der Waals surface area contributed by atoms with Gasteiger partial charge in [0.1, 0.15) is 5.82 Å². The SMILES string of the molecule is CCc1cc(C)c(F)c(C(C)(C)C)c1. The van der Waals surface area contributed by atoms with Crippen molar-refractivity contribution < 1.29 is 4.39 Å². The molecule has 78 valence electrons. The van der Waals surface area contributed by atoms with Crippen molar-refractivity contribution in [1.82, 2.24) is 0 Å². The maximum atomic E-state index is 13.8. The highest BCUT2D eigenvalue weighted by atomic mass is 19.1. The van der Waals surface area contributed by atoms with E-state index < -0.39 is 0 Å². The van der Waals surface area contributed by atoms with Crippen molar-refractivity contribution in [3.8, 4) is 0 Å². The molecule has 0 aliphatic rings. The minimum atomic E-state index is -0.111. The summed E-state index contributed by atoms with van der Waals surface area (Å²) in [4.78, 5) is 0. The number of hydrogen-bond donors (Lipinski definition) is 0. The summed E-state index contributed by atoms with van der Waals surface area (Å²) < 4.78 is 13.8. The molecule has 0 bridgehead atoms. The minimum Gasteiger partial charge on any atom is -0.206 e. The molecule has 1 rings (SSSR count). The van der Waals surface area contributed by atoms with Crippen LogP contribution in [0.15, 0.2) is 12.1 Å². The van der Waals surface area contributed by atoms with Crippen LogP contribution in [0.5, 0.6) is 0 Å². The molecule has 0 spiro atoms. The van der Waals surface area contributed by atoms with Crippen molar-refractivity contribution in [3.63, 3.8) is 0 Å². The Balaban J connectivity index is 3.35. The second kappa shape index (κ2) is 3.72. The lowest BCUT2D eigenvalue weighted by atomic mass is 9.84. The van der Waals surface area contributed by atoms with Gasteiger partial charge >= 0.3 is 0 Å². The predicted octanol–water partition coefficient (Wildman–Crippen LogP) is 3.99. The van der Waals surface area contributed by atoms with E-state index in [-0.39, 0.29) is 11.2 Å². The molecule has 0 heterocycles. The molecule has 0 amide bonds. The minimum absolute atomic E-state index is 0.0466. The van der Waals surface area contributed by atoms with E-state index in [1.165, 1.54) is 5.56 Å². The highest BCUT2D eigenvalue weighted by molar-refractivity contribution is 5.35. The van der Waals surface area contributed by atoms with Crippen molar-refractivity contribution in [2.75, 3.05) is 0 Å². The molecule has 0 aliphatic carbocycles. The van der Waals surface area contributed by atoms with E-state index in [1.807, 2.05) is 39.8 Å². The largest absolute Gasteiger partial charge is 0.206 e. The van der Waals surface area contributed by atoms with Gasteiger partial charge in [0.15, 0.2) is 0 Å². The van der Waals surface area contributed by atoms with E-state index >= 15 is 0 Å². The van der Waals surface area contributed by atoms with Gasteiger partial charge in [-0.3, -0.25) is 0 Å². The first kappa shape index (κ1) is 11.2. The van der Waals surface area contributed by atoms with Crippen LogP contribution in [0.3, 0.4) is 0 Å². The van der Waals surface area contributed by atoms with Crippen molar-refractivity contribution in [1.29, 1.82) is 0 Å². The van der Waals surface area contributed by atoms with Gasteiger partial charge in [-0.1, -0.05) is 39.8 Å². The van der Waals surface area contributed by atoms with E-state index in [4.69, 9.17) is 0 Å². The summed E-state index contributed by atoms with van der Waals surface area (Å²) in [5, 5.41) is 0. The van der Waals surface area contributed by atoms with E-state index in [2.05, 4.69) is 6.92 Å². The van der Waals surface area contributed by atoms with E-state index in [9.17, 15) is 4.39 Å². The summed E-state index contributed by atoms with van der Waals surface area (Å²) in [6, 6.07) is 3.92. The van der Waals surface area contributed by atoms with Crippen LogP contribution in [0.25, 0.3) is 0 Å². The number of benzene rings is 1. The molecule has 0 saturated heterocycles. The summed E-state index contributed by atoms with van der Waals surface area (Å²) in [5.74, 6) is -0.0466. The van der Waals surface area contributed by atoms with E-state index in [0.29, 0.717) is 0 Å². The molecule has 0 nitrogen and oxygen atoms in total. The Morgan fingerprint density at radius 2 is 1.79 bits per heavy atom. The third-order valence-corrected chi connectivity index (χ3v) is 2.53. The van der Waals surface area contributed by atoms with E-state index in [0.717, 1.165) is 17.5 Å². The Labute approximate surface area is 86.2 Å². The van der Waals surface area contributed by atoms with Crippen LogP contribution in [0.4, 0.5) is 4.39 Å². The number of rotatable bonds is 1. The highest BCUT2D eigenvalue weighted by Crippen LogP contribution is 2.28. The van der Waals surface area contributed by atoms with Gasteiger partial charge in [-0.2, -0.15) is 0 Å². The third-order valence-electron chi connectivity index (χ3n) is 2.53. The molecule has 1 heteroatoms. The Kier molecular flexibility index (Phi) is 2.98. The summed E-state index contributed by atoms with van der Waals surface area (Å²) in [6.45, 7) is 10.1. The van der Waals surface area contributed by atoms with Gasteiger partial charge in [-0.25, -0.2) is 4.39 Å². The van der Waals surface area contributed by atoms with Gasteiger partial charge in [-0.05, 0) is 35.4 Å². The normalized spacial score (nSPS) is 11.9. The molecule has 0 N–H and O–H groups in total.